The quantitative estimate of drug-likeness (QED) is 0.583. The molecular formula is C11H10F2O3. The molecule has 0 aromatic heterocycles. The molecule has 1 aromatic carbocycles. The minimum atomic E-state index is -0.944. The van der Waals surface area contributed by atoms with Gasteiger partial charge in [0, 0.05) is 6.07 Å². The van der Waals surface area contributed by atoms with E-state index in [1.165, 1.54) is 0 Å². The van der Waals surface area contributed by atoms with Crippen LogP contribution in [-0.4, -0.2) is 18.9 Å². The van der Waals surface area contributed by atoms with E-state index in [2.05, 4.69) is 4.74 Å². The second kappa shape index (κ2) is 5.34. The Morgan fingerprint density at radius 1 is 1.38 bits per heavy atom. The molecule has 0 radical (unpaired) electrons. The Kier molecular flexibility index (Phi) is 4.10. The van der Waals surface area contributed by atoms with E-state index in [1.807, 2.05) is 0 Å². The highest BCUT2D eigenvalue weighted by atomic mass is 19.1. The highest BCUT2D eigenvalue weighted by Crippen LogP contribution is 2.14. The number of hydrogen-bond donors (Lipinski definition) is 0. The van der Waals surface area contributed by atoms with E-state index >= 15 is 0 Å². The number of hydrogen-bond acceptors (Lipinski definition) is 3. The minimum absolute atomic E-state index is 0.0537. The van der Waals surface area contributed by atoms with E-state index in [4.69, 9.17) is 0 Å². The smallest absolute Gasteiger partial charge is 0.310 e. The molecule has 0 heterocycles. The second-order valence-corrected chi connectivity index (χ2v) is 3.06. The first-order chi connectivity index (χ1) is 7.58. The SMILES string of the molecule is CCOC(=O)Cc1cc(C=O)c(F)cc1F. The summed E-state index contributed by atoms with van der Waals surface area (Å²) in [6, 6.07) is 1.59. The first kappa shape index (κ1) is 12.3. The fourth-order valence-electron chi connectivity index (χ4n) is 1.21. The largest absolute Gasteiger partial charge is 0.466 e. The molecule has 3 nitrogen and oxygen atoms in total. The van der Waals surface area contributed by atoms with Crippen LogP contribution in [-0.2, 0) is 16.0 Å². The molecular weight excluding hydrogens is 218 g/mol. The molecule has 0 unspecified atom stereocenters. The molecule has 16 heavy (non-hydrogen) atoms. The Morgan fingerprint density at radius 2 is 2.06 bits per heavy atom. The van der Waals surface area contributed by atoms with Crippen LogP contribution in [0.15, 0.2) is 12.1 Å². The van der Waals surface area contributed by atoms with Crippen LogP contribution in [0.1, 0.15) is 22.8 Å². The van der Waals surface area contributed by atoms with E-state index in [9.17, 15) is 18.4 Å². The van der Waals surface area contributed by atoms with Crippen LogP contribution in [0.3, 0.4) is 0 Å². The van der Waals surface area contributed by atoms with Crippen molar-refractivity contribution < 1.29 is 23.1 Å². The minimum Gasteiger partial charge on any atom is -0.466 e. The normalized spacial score (nSPS) is 9.94. The van der Waals surface area contributed by atoms with E-state index < -0.39 is 17.6 Å². The highest BCUT2D eigenvalue weighted by molar-refractivity contribution is 5.77. The average Bonchev–Trinajstić information content (AvgIpc) is 2.22. The topological polar surface area (TPSA) is 43.4 Å². The van der Waals surface area contributed by atoms with Crippen molar-refractivity contribution >= 4 is 12.3 Å². The van der Waals surface area contributed by atoms with Crippen molar-refractivity contribution in [2.45, 2.75) is 13.3 Å². The van der Waals surface area contributed by atoms with Gasteiger partial charge in [-0.15, -0.1) is 0 Å². The summed E-state index contributed by atoms with van der Waals surface area (Å²) < 4.78 is 30.7. The first-order valence-electron chi connectivity index (χ1n) is 4.67. The van der Waals surface area contributed by atoms with Gasteiger partial charge >= 0.3 is 5.97 Å². The van der Waals surface area contributed by atoms with Crippen LogP contribution in [0.2, 0.25) is 0 Å². The van der Waals surface area contributed by atoms with Gasteiger partial charge in [0.1, 0.15) is 11.6 Å². The number of rotatable bonds is 4. The Morgan fingerprint density at radius 3 is 2.62 bits per heavy atom. The lowest BCUT2D eigenvalue weighted by Gasteiger charge is -2.04. The maximum Gasteiger partial charge on any atom is 0.310 e. The van der Waals surface area contributed by atoms with Crippen molar-refractivity contribution in [3.8, 4) is 0 Å². The van der Waals surface area contributed by atoms with Gasteiger partial charge < -0.3 is 4.74 Å². The van der Waals surface area contributed by atoms with E-state index in [0.717, 1.165) is 6.07 Å². The molecule has 1 rings (SSSR count). The molecule has 0 N–H and O–H groups in total. The van der Waals surface area contributed by atoms with Crippen molar-refractivity contribution in [3.05, 3.63) is 34.9 Å². The molecule has 0 saturated carbocycles. The molecule has 0 fully saturated rings. The first-order valence-corrected chi connectivity index (χ1v) is 4.67. The molecule has 0 aliphatic heterocycles. The van der Waals surface area contributed by atoms with E-state index in [-0.39, 0.29) is 30.4 Å². The Hall–Kier alpha value is -1.78. The van der Waals surface area contributed by atoms with E-state index in [1.54, 1.807) is 6.92 Å². The van der Waals surface area contributed by atoms with Gasteiger partial charge in [-0.3, -0.25) is 9.59 Å². The number of aldehydes is 1. The lowest BCUT2D eigenvalue weighted by atomic mass is 10.1. The number of ether oxygens (including phenoxy) is 1. The van der Waals surface area contributed by atoms with Gasteiger partial charge in [0.15, 0.2) is 6.29 Å². The maximum atomic E-state index is 13.2. The third kappa shape index (κ3) is 2.85. The number of halogens is 2. The molecule has 0 bridgehead atoms. The van der Waals surface area contributed by atoms with Gasteiger partial charge in [-0.25, -0.2) is 8.78 Å². The summed E-state index contributed by atoms with van der Waals surface area (Å²) in [4.78, 5) is 21.5. The molecule has 86 valence electrons. The molecule has 0 amide bonds. The summed E-state index contributed by atoms with van der Waals surface area (Å²) in [5.41, 5.74) is -0.331. The molecule has 0 saturated heterocycles. The predicted molar refractivity (Wildman–Crippen MR) is 52.1 cm³/mol. The van der Waals surface area contributed by atoms with E-state index in [0.29, 0.717) is 6.07 Å². The van der Waals surface area contributed by atoms with Gasteiger partial charge in [-0.05, 0) is 18.6 Å². The zero-order chi connectivity index (χ0) is 12.1. The van der Waals surface area contributed by atoms with Gasteiger partial charge in [-0.1, -0.05) is 0 Å². The molecule has 0 atom stereocenters. The number of carbonyl (C=O) groups excluding carboxylic acids is 2. The number of carbonyl (C=O) groups is 2. The molecule has 1 aromatic rings. The van der Waals surface area contributed by atoms with Crippen molar-refractivity contribution in [1.29, 1.82) is 0 Å². The Labute approximate surface area is 91.0 Å². The Bertz CT molecular complexity index is 416. The molecule has 0 aliphatic carbocycles. The zero-order valence-electron chi connectivity index (χ0n) is 8.63. The standard InChI is InChI=1S/C11H10F2O3/c1-2-16-11(15)4-7-3-8(6-14)10(13)5-9(7)12/h3,5-6H,2,4H2,1H3. The third-order valence-corrected chi connectivity index (χ3v) is 1.93. The Balaban J connectivity index is 2.95. The molecule has 0 aliphatic rings. The average molecular weight is 228 g/mol. The van der Waals surface area contributed by atoms with Gasteiger partial charge in [-0.2, -0.15) is 0 Å². The van der Waals surface area contributed by atoms with Crippen LogP contribution in [0.4, 0.5) is 8.78 Å². The summed E-state index contributed by atoms with van der Waals surface area (Å²) >= 11 is 0. The van der Waals surface area contributed by atoms with Crippen LogP contribution in [0.5, 0.6) is 0 Å². The number of esters is 1. The summed E-state index contributed by atoms with van der Waals surface area (Å²) in [5.74, 6) is -2.43. The van der Waals surface area contributed by atoms with Gasteiger partial charge in [0.25, 0.3) is 0 Å². The summed E-state index contributed by atoms with van der Waals surface area (Å²) in [7, 11) is 0. The van der Waals surface area contributed by atoms with Crippen molar-refractivity contribution in [2.75, 3.05) is 6.61 Å². The highest BCUT2D eigenvalue weighted by Gasteiger charge is 2.13. The van der Waals surface area contributed by atoms with Crippen molar-refractivity contribution in [3.63, 3.8) is 0 Å². The van der Waals surface area contributed by atoms with Crippen LogP contribution >= 0.6 is 0 Å². The van der Waals surface area contributed by atoms with Gasteiger partial charge in [0.05, 0.1) is 18.6 Å². The van der Waals surface area contributed by atoms with Crippen LogP contribution in [0.25, 0.3) is 0 Å². The monoisotopic (exact) mass is 228 g/mol. The molecule has 5 heteroatoms. The summed E-state index contributed by atoms with van der Waals surface area (Å²) in [5, 5.41) is 0. The lowest BCUT2D eigenvalue weighted by molar-refractivity contribution is -0.142. The van der Waals surface area contributed by atoms with Crippen LogP contribution < -0.4 is 0 Å². The summed E-state index contributed by atoms with van der Waals surface area (Å²) in [6.45, 7) is 1.80. The fraction of sp³-hybridized carbons (Fsp3) is 0.273. The maximum absolute atomic E-state index is 13.2. The number of benzene rings is 1. The van der Waals surface area contributed by atoms with Crippen LogP contribution in [0, 0.1) is 11.6 Å². The fourth-order valence-corrected chi connectivity index (χ4v) is 1.21. The molecule has 0 spiro atoms. The second-order valence-electron chi connectivity index (χ2n) is 3.06. The third-order valence-electron chi connectivity index (χ3n) is 1.93. The predicted octanol–water partition coefficient (Wildman–Crippen LogP) is 1.88. The summed E-state index contributed by atoms with van der Waals surface area (Å²) in [6.07, 6.45) is -0.0514. The van der Waals surface area contributed by atoms with Gasteiger partial charge in [0.2, 0.25) is 0 Å². The lowest BCUT2D eigenvalue weighted by Crippen LogP contribution is -2.09. The zero-order valence-corrected chi connectivity index (χ0v) is 8.63. The van der Waals surface area contributed by atoms with Crippen molar-refractivity contribution in [2.24, 2.45) is 0 Å². The van der Waals surface area contributed by atoms with Crippen molar-refractivity contribution in [1.82, 2.24) is 0 Å².